The van der Waals surface area contributed by atoms with E-state index in [0.29, 0.717) is 11.4 Å². The van der Waals surface area contributed by atoms with Crippen LogP contribution in [0.5, 0.6) is 0 Å². The van der Waals surface area contributed by atoms with E-state index >= 15 is 0 Å². The Morgan fingerprint density at radius 1 is 1.27 bits per heavy atom. The maximum absolute atomic E-state index is 13.2. The summed E-state index contributed by atoms with van der Waals surface area (Å²) in [6, 6.07) is 3.13. The van der Waals surface area contributed by atoms with Gasteiger partial charge in [-0.3, -0.25) is 14.5 Å². The summed E-state index contributed by atoms with van der Waals surface area (Å²) in [7, 11) is 0. The quantitative estimate of drug-likeness (QED) is 0.874. The zero-order valence-electron chi connectivity index (χ0n) is 14.9. The van der Waals surface area contributed by atoms with Gasteiger partial charge in [0.1, 0.15) is 11.8 Å². The summed E-state index contributed by atoms with van der Waals surface area (Å²) in [4.78, 5) is 28.5. The maximum Gasteiger partial charge on any atom is 0.266 e. The lowest BCUT2D eigenvalue weighted by molar-refractivity contribution is -0.127. The van der Waals surface area contributed by atoms with Crippen LogP contribution in [0.3, 0.4) is 0 Å². The van der Waals surface area contributed by atoms with E-state index in [-0.39, 0.29) is 24.5 Å². The van der Waals surface area contributed by atoms with Crippen LogP contribution in [0.2, 0.25) is 0 Å². The first-order chi connectivity index (χ1) is 12.7. The van der Waals surface area contributed by atoms with Gasteiger partial charge in [-0.25, -0.2) is 0 Å². The molecule has 0 unspecified atom stereocenters. The zero-order valence-corrected chi connectivity index (χ0v) is 15.8. The third-order valence-corrected chi connectivity index (χ3v) is 6.53. The second-order valence-electron chi connectivity index (χ2n) is 7.37. The van der Waals surface area contributed by atoms with Crippen LogP contribution in [0.25, 0.3) is 0 Å². The molecular formula is C19H26N2O4S. The van der Waals surface area contributed by atoms with Crippen molar-refractivity contribution < 1.29 is 19.1 Å². The van der Waals surface area contributed by atoms with Crippen molar-refractivity contribution in [2.75, 3.05) is 19.8 Å². The number of nitrogens with one attached hydrogen (secondary N) is 1. The molecule has 2 amide bonds. The molecule has 3 fully saturated rings. The predicted molar refractivity (Wildman–Crippen MR) is 98.0 cm³/mol. The Kier molecular flexibility index (Phi) is 5.29. The van der Waals surface area contributed by atoms with Gasteiger partial charge < -0.3 is 14.8 Å². The maximum atomic E-state index is 13.2. The highest BCUT2D eigenvalue weighted by Crippen LogP contribution is 2.41. The van der Waals surface area contributed by atoms with Crippen LogP contribution < -0.4 is 5.32 Å². The first-order valence-electron chi connectivity index (χ1n) is 9.60. The molecule has 0 bridgehead atoms. The molecule has 1 spiro atoms. The zero-order chi connectivity index (χ0) is 18.0. The third-order valence-electron chi connectivity index (χ3n) is 5.68. The Bertz CT molecular complexity index is 636. The Balaban J connectivity index is 1.52. The summed E-state index contributed by atoms with van der Waals surface area (Å²) in [5.41, 5.74) is -0.620. The second kappa shape index (κ2) is 7.66. The molecule has 1 N–H and O–H groups in total. The van der Waals surface area contributed by atoms with Crippen LogP contribution in [0.1, 0.15) is 54.6 Å². The molecule has 1 aromatic heterocycles. The summed E-state index contributed by atoms with van der Waals surface area (Å²) >= 11 is 1.41. The molecule has 3 aliphatic rings. The van der Waals surface area contributed by atoms with Gasteiger partial charge in [0.25, 0.3) is 5.91 Å². The highest BCUT2D eigenvalue weighted by molar-refractivity contribution is 7.12. The number of hydrogen-bond donors (Lipinski definition) is 1. The van der Waals surface area contributed by atoms with Gasteiger partial charge in [0.05, 0.1) is 17.6 Å². The minimum atomic E-state index is -0.620. The van der Waals surface area contributed by atoms with E-state index in [9.17, 15) is 9.59 Å². The summed E-state index contributed by atoms with van der Waals surface area (Å²) < 4.78 is 11.7. The smallest absolute Gasteiger partial charge is 0.266 e. The van der Waals surface area contributed by atoms with E-state index in [1.807, 2.05) is 17.5 Å². The van der Waals surface area contributed by atoms with Crippen LogP contribution in [0.4, 0.5) is 0 Å². The van der Waals surface area contributed by atoms with Crippen molar-refractivity contribution in [1.29, 1.82) is 0 Å². The second-order valence-corrected chi connectivity index (χ2v) is 8.31. The average molecular weight is 378 g/mol. The SMILES string of the molecule is O=C(NC[C@H]1CCCO1)[C@@H]1COC2(CCCCC2)N1C(=O)c1cccs1. The number of thiophene rings is 1. The van der Waals surface area contributed by atoms with E-state index in [1.165, 1.54) is 11.3 Å². The minimum Gasteiger partial charge on any atom is -0.376 e. The fourth-order valence-electron chi connectivity index (χ4n) is 4.33. The first kappa shape index (κ1) is 17.9. The van der Waals surface area contributed by atoms with Crippen molar-refractivity contribution in [3.8, 4) is 0 Å². The van der Waals surface area contributed by atoms with E-state index in [4.69, 9.17) is 9.47 Å². The molecule has 0 aromatic carbocycles. The van der Waals surface area contributed by atoms with Crippen molar-refractivity contribution in [3.05, 3.63) is 22.4 Å². The first-order valence-corrected chi connectivity index (χ1v) is 10.5. The fraction of sp³-hybridized carbons (Fsp3) is 0.684. The van der Waals surface area contributed by atoms with Crippen LogP contribution in [0, 0.1) is 0 Å². The number of ether oxygens (including phenoxy) is 2. The molecule has 2 atom stereocenters. The lowest BCUT2D eigenvalue weighted by atomic mass is 9.90. The predicted octanol–water partition coefficient (Wildman–Crippen LogP) is 2.54. The Labute approximate surface area is 157 Å². The van der Waals surface area contributed by atoms with Crippen LogP contribution >= 0.6 is 11.3 Å². The number of amides is 2. The van der Waals surface area contributed by atoms with Crippen molar-refractivity contribution in [3.63, 3.8) is 0 Å². The standard InChI is InChI=1S/C19H26N2O4S/c22-17(20-12-14-6-4-10-24-14)15-13-25-19(8-2-1-3-9-19)21(15)18(23)16-7-5-11-26-16/h5,7,11,14-15H,1-4,6,8-10,12-13H2,(H,20,22)/t14-,15+/m1/s1. The Morgan fingerprint density at radius 2 is 2.12 bits per heavy atom. The highest BCUT2D eigenvalue weighted by Gasteiger charge is 2.53. The largest absolute Gasteiger partial charge is 0.376 e. The molecule has 26 heavy (non-hydrogen) atoms. The molecule has 2 saturated heterocycles. The lowest BCUT2D eigenvalue weighted by Crippen LogP contribution is -2.56. The number of nitrogens with zero attached hydrogens (tertiary/aromatic N) is 1. The summed E-state index contributed by atoms with van der Waals surface area (Å²) in [6.45, 7) is 1.54. The molecule has 1 aliphatic carbocycles. The normalized spacial score (nSPS) is 27.8. The van der Waals surface area contributed by atoms with Gasteiger partial charge in [0.15, 0.2) is 0 Å². The van der Waals surface area contributed by atoms with Gasteiger partial charge in [0, 0.05) is 13.2 Å². The molecule has 2 aliphatic heterocycles. The monoisotopic (exact) mass is 378 g/mol. The molecule has 1 aromatic rings. The van der Waals surface area contributed by atoms with Crippen LogP contribution in [0.15, 0.2) is 17.5 Å². The molecule has 1 saturated carbocycles. The molecular weight excluding hydrogens is 352 g/mol. The van der Waals surface area contributed by atoms with Gasteiger partial charge in [-0.1, -0.05) is 12.5 Å². The molecule has 7 heteroatoms. The van der Waals surface area contributed by atoms with Crippen molar-refractivity contribution >= 4 is 23.2 Å². The molecule has 3 heterocycles. The Morgan fingerprint density at radius 3 is 2.81 bits per heavy atom. The van der Waals surface area contributed by atoms with Crippen LogP contribution in [-0.2, 0) is 14.3 Å². The minimum absolute atomic E-state index is 0.0864. The fourth-order valence-corrected chi connectivity index (χ4v) is 4.99. The average Bonchev–Trinajstić information content (AvgIpc) is 3.41. The van der Waals surface area contributed by atoms with Crippen molar-refractivity contribution in [2.45, 2.75) is 62.8 Å². The van der Waals surface area contributed by atoms with Gasteiger partial charge in [0.2, 0.25) is 5.91 Å². The lowest BCUT2D eigenvalue weighted by Gasteiger charge is -2.41. The Hall–Kier alpha value is -1.44. The topological polar surface area (TPSA) is 67.9 Å². The number of carbonyl (C=O) groups excluding carboxylic acids is 2. The molecule has 4 rings (SSSR count). The highest BCUT2D eigenvalue weighted by atomic mass is 32.1. The molecule has 0 radical (unpaired) electrons. The van der Waals surface area contributed by atoms with Gasteiger partial charge in [-0.05, 0) is 50.0 Å². The summed E-state index contributed by atoms with van der Waals surface area (Å²) in [5.74, 6) is -0.218. The van der Waals surface area contributed by atoms with E-state index < -0.39 is 11.8 Å². The summed E-state index contributed by atoms with van der Waals surface area (Å²) in [5, 5.41) is 4.88. The van der Waals surface area contributed by atoms with E-state index in [0.717, 1.165) is 51.6 Å². The number of hydrogen-bond acceptors (Lipinski definition) is 5. The summed E-state index contributed by atoms with van der Waals surface area (Å²) in [6.07, 6.45) is 6.92. The van der Waals surface area contributed by atoms with Gasteiger partial charge in [-0.15, -0.1) is 11.3 Å². The van der Waals surface area contributed by atoms with Crippen LogP contribution in [-0.4, -0.2) is 54.3 Å². The van der Waals surface area contributed by atoms with Gasteiger partial charge >= 0.3 is 0 Å². The number of rotatable bonds is 4. The van der Waals surface area contributed by atoms with E-state index in [2.05, 4.69) is 5.32 Å². The molecule has 142 valence electrons. The van der Waals surface area contributed by atoms with Gasteiger partial charge in [-0.2, -0.15) is 0 Å². The molecule has 6 nitrogen and oxygen atoms in total. The van der Waals surface area contributed by atoms with Crippen molar-refractivity contribution in [1.82, 2.24) is 10.2 Å². The van der Waals surface area contributed by atoms with E-state index in [1.54, 1.807) is 4.90 Å². The number of carbonyl (C=O) groups is 2. The van der Waals surface area contributed by atoms with Crippen molar-refractivity contribution in [2.24, 2.45) is 0 Å². The third kappa shape index (κ3) is 3.40.